The lowest BCUT2D eigenvalue weighted by Gasteiger charge is -2.14. The van der Waals surface area contributed by atoms with Gasteiger partial charge in [-0.15, -0.1) is 5.69 Å². The molecule has 2 aromatic rings. The fourth-order valence-corrected chi connectivity index (χ4v) is 1.69. The van der Waals surface area contributed by atoms with Gasteiger partial charge >= 0.3 is 6.18 Å². The summed E-state index contributed by atoms with van der Waals surface area (Å²) in [6.45, 7) is -0.349. The minimum Gasteiger partial charge on any atom is -0.699 e. The highest BCUT2D eigenvalue weighted by molar-refractivity contribution is 5.47. The van der Waals surface area contributed by atoms with Crippen LogP contribution in [0, 0.1) is 5.82 Å². The summed E-state index contributed by atoms with van der Waals surface area (Å²) < 4.78 is 56.4. The van der Waals surface area contributed by atoms with Crippen LogP contribution in [-0.4, -0.2) is 0 Å². The van der Waals surface area contributed by atoms with Crippen LogP contribution in [-0.2, 0) is 12.8 Å². The lowest BCUT2D eigenvalue weighted by atomic mass is 10.1. The smallest absolute Gasteiger partial charge is 0.416 e. The Bertz CT molecular complexity index is 610. The minimum atomic E-state index is -4.64. The van der Waals surface area contributed by atoms with Crippen LogP contribution in [0.2, 0.25) is 0 Å². The maximum Gasteiger partial charge on any atom is 0.416 e. The summed E-state index contributed by atoms with van der Waals surface area (Å²) in [5, 5.41) is 0. The number of hydrogen-bond donors (Lipinski definition) is 0. The first kappa shape index (κ1) is 14.2. The van der Waals surface area contributed by atoms with Gasteiger partial charge in [0.15, 0.2) is 0 Å². The molecular formula is C14H10F4NO-. The Morgan fingerprint density at radius 1 is 1.05 bits per heavy atom. The van der Waals surface area contributed by atoms with Crippen LogP contribution >= 0.6 is 0 Å². The maximum atomic E-state index is 12.9. The molecule has 0 amide bonds. The normalized spacial score (nSPS) is 11.4. The van der Waals surface area contributed by atoms with Crippen molar-refractivity contribution in [3.05, 3.63) is 65.1 Å². The Morgan fingerprint density at radius 2 is 1.80 bits per heavy atom. The summed E-state index contributed by atoms with van der Waals surface area (Å²) in [6.07, 6.45) is -4.64. The van der Waals surface area contributed by atoms with Gasteiger partial charge in [-0.25, -0.2) is 4.39 Å². The van der Waals surface area contributed by atoms with Crippen LogP contribution in [0.3, 0.4) is 0 Å². The number of rotatable bonds is 3. The summed E-state index contributed by atoms with van der Waals surface area (Å²) in [7, 11) is 0. The summed E-state index contributed by atoms with van der Waals surface area (Å²) in [4.78, 5) is 0. The number of nitrogens with one attached hydrogen (secondary N) is 1. The van der Waals surface area contributed by atoms with Crippen molar-refractivity contribution in [2.24, 2.45) is 0 Å². The van der Waals surface area contributed by atoms with Gasteiger partial charge in [0.1, 0.15) is 18.2 Å². The standard InChI is InChI=1S/C14H10F4NO/c15-10-5-4-9(13(6-10)14(16,17)18)8-20-12-3-1-2-11(19)7-12/h1-7,19H,8H2/q-1. The molecule has 0 unspecified atom stereocenters. The fourth-order valence-electron chi connectivity index (χ4n) is 1.69. The molecule has 6 heteroatoms. The lowest BCUT2D eigenvalue weighted by Crippen LogP contribution is -2.11. The second kappa shape index (κ2) is 5.40. The molecule has 2 nitrogen and oxygen atoms in total. The van der Waals surface area contributed by atoms with Crippen LogP contribution in [0.25, 0.3) is 5.73 Å². The molecule has 0 bridgehead atoms. The highest BCUT2D eigenvalue weighted by atomic mass is 19.4. The van der Waals surface area contributed by atoms with E-state index in [0.29, 0.717) is 6.07 Å². The third-order valence-electron chi connectivity index (χ3n) is 2.61. The molecule has 0 atom stereocenters. The van der Waals surface area contributed by atoms with Crippen molar-refractivity contribution in [1.29, 1.82) is 0 Å². The van der Waals surface area contributed by atoms with E-state index in [1.165, 1.54) is 18.2 Å². The molecule has 0 aliphatic rings. The van der Waals surface area contributed by atoms with E-state index in [0.717, 1.165) is 12.1 Å². The van der Waals surface area contributed by atoms with E-state index >= 15 is 0 Å². The zero-order valence-electron chi connectivity index (χ0n) is 10.2. The highest BCUT2D eigenvalue weighted by Crippen LogP contribution is 2.33. The van der Waals surface area contributed by atoms with Crippen LogP contribution in [0.4, 0.5) is 23.2 Å². The Morgan fingerprint density at radius 3 is 2.45 bits per heavy atom. The van der Waals surface area contributed by atoms with E-state index in [9.17, 15) is 17.6 Å². The Kier molecular flexibility index (Phi) is 3.83. The van der Waals surface area contributed by atoms with Crippen molar-refractivity contribution in [2.75, 3.05) is 0 Å². The third kappa shape index (κ3) is 3.40. The van der Waals surface area contributed by atoms with Crippen molar-refractivity contribution < 1.29 is 22.3 Å². The van der Waals surface area contributed by atoms with Gasteiger partial charge < -0.3 is 10.5 Å². The monoisotopic (exact) mass is 284 g/mol. The predicted octanol–water partition coefficient (Wildman–Crippen LogP) is 5.11. The van der Waals surface area contributed by atoms with Gasteiger partial charge in [-0.1, -0.05) is 18.2 Å². The van der Waals surface area contributed by atoms with E-state index in [2.05, 4.69) is 0 Å². The molecule has 2 rings (SSSR count). The van der Waals surface area contributed by atoms with Gasteiger partial charge in [0, 0.05) is 5.56 Å². The second-order valence-electron chi connectivity index (χ2n) is 4.12. The summed E-state index contributed by atoms with van der Waals surface area (Å²) >= 11 is 0. The van der Waals surface area contributed by atoms with Crippen molar-refractivity contribution in [1.82, 2.24) is 0 Å². The molecule has 2 aromatic carbocycles. The zero-order valence-corrected chi connectivity index (χ0v) is 10.2. The molecule has 0 aliphatic carbocycles. The average molecular weight is 284 g/mol. The predicted molar refractivity (Wildman–Crippen MR) is 66.2 cm³/mol. The zero-order chi connectivity index (χ0) is 14.8. The van der Waals surface area contributed by atoms with E-state index in [1.807, 2.05) is 0 Å². The second-order valence-corrected chi connectivity index (χ2v) is 4.12. The first-order chi connectivity index (χ1) is 9.36. The molecule has 0 aromatic heterocycles. The molecule has 0 fully saturated rings. The van der Waals surface area contributed by atoms with Crippen molar-refractivity contribution in [2.45, 2.75) is 12.8 Å². The number of hydrogen-bond acceptors (Lipinski definition) is 1. The lowest BCUT2D eigenvalue weighted by molar-refractivity contribution is -0.138. The van der Waals surface area contributed by atoms with Gasteiger partial charge in [-0.05, 0) is 24.3 Å². The Hall–Kier alpha value is -2.24. The molecule has 0 aliphatic heterocycles. The van der Waals surface area contributed by atoms with E-state index in [4.69, 9.17) is 10.5 Å². The molecule has 106 valence electrons. The van der Waals surface area contributed by atoms with Gasteiger partial charge in [0.25, 0.3) is 0 Å². The van der Waals surface area contributed by atoms with Crippen LogP contribution < -0.4 is 4.74 Å². The number of halogens is 4. The average Bonchev–Trinajstić information content (AvgIpc) is 2.36. The van der Waals surface area contributed by atoms with Crippen molar-refractivity contribution >= 4 is 5.69 Å². The number of ether oxygens (including phenoxy) is 1. The number of benzene rings is 2. The van der Waals surface area contributed by atoms with Gasteiger partial charge in [-0.3, -0.25) is 0 Å². The molecule has 0 spiro atoms. The summed E-state index contributed by atoms with van der Waals surface area (Å²) in [5.74, 6) is -0.663. The van der Waals surface area contributed by atoms with Crippen molar-refractivity contribution in [3.63, 3.8) is 0 Å². The van der Waals surface area contributed by atoms with E-state index < -0.39 is 17.6 Å². The van der Waals surface area contributed by atoms with Crippen molar-refractivity contribution in [3.8, 4) is 5.75 Å². The van der Waals surface area contributed by atoms with Gasteiger partial charge in [0.05, 0.1) is 5.56 Å². The van der Waals surface area contributed by atoms with Gasteiger partial charge in [-0.2, -0.15) is 13.2 Å². The van der Waals surface area contributed by atoms with E-state index in [1.54, 1.807) is 6.07 Å². The van der Waals surface area contributed by atoms with Crippen LogP contribution in [0.5, 0.6) is 5.75 Å². The first-order valence-corrected chi connectivity index (χ1v) is 5.66. The fraction of sp³-hybridized carbons (Fsp3) is 0.143. The third-order valence-corrected chi connectivity index (χ3v) is 2.61. The quantitative estimate of drug-likeness (QED) is 0.721. The molecule has 0 saturated carbocycles. The first-order valence-electron chi connectivity index (χ1n) is 5.66. The molecule has 0 heterocycles. The molecular weight excluding hydrogens is 274 g/mol. The summed E-state index contributed by atoms with van der Waals surface area (Å²) in [5.41, 5.74) is 6.36. The number of alkyl halides is 3. The van der Waals surface area contributed by atoms with Gasteiger partial charge in [0.2, 0.25) is 0 Å². The molecule has 1 N–H and O–H groups in total. The largest absolute Gasteiger partial charge is 0.699 e. The van der Waals surface area contributed by atoms with Crippen LogP contribution in [0.15, 0.2) is 42.5 Å². The summed E-state index contributed by atoms with van der Waals surface area (Å²) in [6, 6.07) is 8.45. The minimum absolute atomic E-state index is 0.158. The van der Waals surface area contributed by atoms with Crippen LogP contribution in [0.1, 0.15) is 11.1 Å². The maximum absolute atomic E-state index is 12.9. The Balaban J connectivity index is 2.21. The Labute approximate surface area is 112 Å². The van der Waals surface area contributed by atoms with E-state index in [-0.39, 0.29) is 23.6 Å². The SMILES string of the molecule is [NH-]c1cccc(OCc2ccc(F)cc2C(F)(F)F)c1. The molecule has 20 heavy (non-hydrogen) atoms. The molecule has 0 saturated heterocycles. The molecule has 0 radical (unpaired) electrons. The highest BCUT2D eigenvalue weighted by Gasteiger charge is 2.33. The topological polar surface area (TPSA) is 33.0 Å².